The molecule has 1 saturated carbocycles. The van der Waals surface area contributed by atoms with Gasteiger partial charge >= 0.3 is 0 Å². The van der Waals surface area contributed by atoms with Gasteiger partial charge in [0.05, 0.1) is 5.60 Å². The van der Waals surface area contributed by atoms with Crippen molar-refractivity contribution in [1.29, 1.82) is 0 Å². The Morgan fingerprint density at radius 3 is 2.42 bits per heavy atom. The SMILES string of the molecule is CC(C)CC(=O)C1C(=O)CC2(CCC(C)(C)O2)C1=O. The highest BCUT2D eigenvalue weighted by molar-refractivity contribution is 6.26. The zero-order chi connectivity index (χ0) is 14.4. The Labute approximate surface area is 113 Å². The quantitative estimate of drug-likeness (QED) is 0.734. The van der Waals surface area contributed by atoms with E-state index in [2.05, 4.69) is 0 Å². The fourth-order valence-corrected chi connectivity index (χ4v) is 3.16. The molecule has 2 aliphatic rings. The van der Waals surface area contributed by atoms with Crippen molar-refractivity contribution in [2.75, 3.05) is 0 Å². The molecule has 2 unspecified atom stereocenters. The predicted molar refractivity (Wildman–Crippen MR) is 69.7 cm³/mol. The second kappa shape index (κ2) is 4.51. The van der Waals surface area contributed by atoms with Gasteiger partial charge in [0.15, 0.2) is 17.3 Å². The van der Waals surface area contributed by atoms with Crippen molar-refractivity contribution in [3.63, 3.8) is 0 Å². The van der Waals surface area contributed by atoms with Crippen LogP contribution in [-0.4, -0.2) is 28.6 Å². The number of ketones is 3. The lowest BCUT2D eigenvalue weighted by atomic mass is 9.90. The van der Waals surface area contributed by atoms with Crippen molar-refractivity contribution in [3.05, 3.63) is 0 Å². The van der Waals surface area contributed by atoms with E-state index in [1.807, 2.05) is 27.7 Å². The van der Waals surface area contributed by atoms with Crippen LogP contribution in [0.2, 0.25) is 0 Å². The molecule has 4 heteroatoms. The number of ether oxygens (including phenoxy) is 1. The number of rotatable bonds is 3. The molecule has 0 aromatic heterocycles. The number of hydrogen-bond donors (Lipinski definition) is 0. The smallest absolute Gasteiger partial charge is 0.182 e. The van der Waals surface area contributed by atoms with Gasteiger partial charge < -0.3 is 4.74 Å². The molecule has 0 aromatic carbocycles. The van der Waals surface area contributed by atoms with E-state index in [1.54, 1.807) is 0 Å². The molecule has 2 rings (SSSR count). The lowest BCUT2D eigenvalue weighted by Crippen LogP contribution is -2.39. The maximum atomic E-state index is 12.5. The zero-order valence-corrected chi connectivity index (χ0v) is 12.1. The summed E-state index contributed by atoms with van der Waals surface area (Å²) in [6.45, 7) is 7.66. The maximum Gasteiger partial charge on any atom is 0.182 e. The largest absolute Gasteiger partial charge is 0.361 e. The summed E-state index contributed by atoms with van der Waals surface area (Å²) in [5.41, 5.74) is -1.40. The van der Waals surface area contributed by atoms with Crippen molar-refractivity contribution in [3.8, 4) is 0 Å². The van der Waals surface area contributed by atoms with Crippen LogP contribution in [0.4, 0.5) is 0 Å². The van der Waals surface area contributed by atoms with E-state index in [4.69, 9.17) is 4.74 Å². The molecular formula is C15H22O4. The summed E-state index contributed by atoms with van der Waals surface area (Å²) in [6.07, 6.45) is 1.65. The molecule has 0 radical (unpaired) electrons. The molecule has 0 N–H and O–H groups in total. The van der Waals surface area contributed by atoms with Gasteiger partial charge in [0, 0.05) is 12.8 Å². The normalized spacial score (nSPS) is 33.6. The summed E-state index contributed by atoms with van der Waals surface area (Å²) in [5.74, 6) is -1.71. The molecule has 0 aromatic rings. The fourth-order valence-electron chi connectivity index (χ4n) is 3.16. The highest BCUT2D eigenvalue weighted by atomic mass is 16.5. The van der Waals surface area contributed by atoms with Gasteiger partial charge in [0.2, 0.25) is 0 Å². The average molecular weight is 266 g/mol. The molecule has 2 atom stereocenters. The maximum absolute atomic E-state index is 12.5. The van der Waals surface area contributed by atoms with Crippen LogP contribution in [0.3, 0.4) is 0 Å². The van der Waals surface area contributed by atoms with Crippen LogP contribution in [0.25, 0.3) is 0 Å². The lowest BCUT2D eigenvalue weighted by molar-refractivity contribution is -0.150. The minimum absolute atomic E-state index is 0.0732. The number of Topliss-reactive ketones (excluding diaryl/α,β-unsaturated/α-hetero) is 3. The average Bonchev–Trinajstić information content (AvgIpc) is 2.65. The van der Waals surface area contributed by atoms with Gasteiger partial charge in [0.25, 0.3) is 0 Å². The second-order valence-electron chi connectivity index (χ2n) is 6.86. The summed E-state index contributed by atoms with van der Waals surface area (Å²) < 4.78 is 5.84. The minimum Gasteiger partial charge on any atom is -0.361 e. The molecule has 1 aliphatic carbocycles. The number of hydrogen-bond acceptors (Lipinski definition) is 4. The van der Waals surface area contributed by atoms with Crippen molar-refractivity contribution in [2.45, 2.75) is 64.6 Å². The number of carbonyl (C=O) groups excluding carboxylic acids is 3. The molecule has 1 spiro atoms. The standard InChI is InChI=1S/C15H22O4/c1-9(2)7-10(16)12-11(17)8-15(13(12)18)6-5-14(3,4)19-15/h9,12H,5-8H2,1-4H3. The summed E-state index contributed by atoms with van der Waals surface area (Å²) in [7, 11) is 0. The van der Waals surface area contributed by atoms with E-state index in [1.165, 1.54) is 0 Å². The molecule has 19 heavy (non-hydrogen) atoms. The highest BCUT2D eigenvalue weighted by Gasteiger charge is 2.60. The minimum atomic E-state index is -1.07. The Morgan fingerprint density at radius 2 is 1.95 bits per heavy atom. The van der Waals surface area contributed by atoms with E-state index in [-0.39, 0.29) is 41.7 Å². The first-order valence-corrected chi connectivity index (χ1v) is 6.97. The molecule has 4 nitrogen and oxygen atoms in total. The first-order chi connectivity index (χ1) is 8.67. The summed E-state index contributed by atoms with van der Waals surface area (Å²) in [6, 6.07) is 0. The molecule has 0 bridgehead atoms. The van der Waals surface area contributed by atoms with Crippen molar-refractivity contribution in [2.24, 2.45) is 11.8 Å². The van der Waals surface area contributed by atoms with E-state index < -0.39 is 11.5 Å². The Hall–Kier alpha value is -1.03. The van der Waals surface area contributed by atoms with Crippen molar-refractivity contribution in [1.82, 2.24) is 0 Å². The van der Waals surface area contributed by atoms with Gasteiger partial charge in [-0.25, -0.2) is 0 Å². The Bertz CT molecular complexity index is 435. The van der Waals surface area contributed by atoms with E-state index >= 15 is 0 Å². The van der Waals surface area contributed by atoms with Crippen LogP contribution in [0, 0.1) is 11.8 Å². The van der Waals surface area contributed by atoms with E-state index in [9.17, 15) is 14.4 Å². The van der Waals surface area contributed by atoms with Gasteiger partial charge in [-0.2, -0.15) is 0 Å². The molecular weight excluding hydrogens is 244 g/mol. The number of carbonyl (C=O) groups is 3. The van der Waals surface area contributed by atoms with Crippen molar-refractivity contribution < 1.29 is 19.1 Å². The third-order valence-electron chi connectivity index (χ3n) is 4.03. The van der Waals surface area contributed by atoms with Crippen LogP contribution < -0.4 is 0 Å². The zero-order valence-electron chi connectivity index (χ0n) is 12.1. The van der Waals surface area contributed by atoms with Crippen LogP contribution >= 0.6 is 0 Å². The van der Waals surface area contributed by atoms with Crippen LogP contribution in [0.15, 0.2) is 0 Å². The molecule has 1 heterocycles. The fraction of sp³-hybridized carbons (Fsp3) is 0.800. The Morgan fingerprint density at radius 1 is 1.32 bits per heavy atom. The highest BCUT2D eigenvalue weighted by Crippen LogP contribution is 2.46. The first kappa shape index (κ1) is 14.4. The van der Waals surface area contributed by atoms with Gasteiger partial charge in [-0.15, -0.1) is 0 Å². The summed E-state index contributed by atoms with van der Waals surface area (Å²) in [4.78, 5) is 36.6. The van der Waals surface area contributed by atoms with Gasteiger partial charge in [0.1, 0.15) is 11.5 Å². The Balaban J connectivity index is 2.20. The molecule has 106 valence electrons. The van der Waals surface area contributed by atoms with Gasteiger partial charge in [-0.05, 0) is 32.6 Å². The van der Waals surface area contributed by atoms with Crippen LogP contribution in [0.1, 0.15) is 53.4 Å². The first-order valence-electron chi connectivity index (χ1n) is 6.97. The third-order valence-corrected chi connectivity index (χ3v) is 4.03. The van der Waals surface area contributed by atoms with Crippen LogP contribution in [-0.2, 0) is 19.1 Å². The third kappa shape index (κ3) is 2.50. The molecule has 1 aliphatic heterocycles. The van der Waals surface area contributed by atoms with E-state index in [0.717, 1.165) is 6.42 Å². The second-order valence-corrected chi connectivity index (χ2v) is 6.86. The van der Waals surface area contributed by atoms with Crippen molar-refractivity contribution >= 4 is 17.3 Å². The van der Waals surface area contributed by atoms with Crippen LogP contribution in [0.5, 0.6) is 0 Å². The van der Waals surface area contributed by atoms with Gasteiger partial charge in [-0.1, -0.05) is 13.8 Å². The monoisotopic (exact) mass is 266 g/mol. The Kier molecular flexibility index (Phi) is 3.42. The molecule has 0 amide bonds. The molecule has 2 fully saturated rings. The lowest BCUT2D eigenvalue weighted by Gasteiger charge is -2.25. The molecule has 1 saturated heterocycles. The van der Waals surface area contributed by atoms with E-state index in [0.29, 0.717) is 6.42 Å². The summed E-state index contributed by atoms with van der Waals surface area (Å²) >= 11 is 0. The predicted octanol–water partition coefficient (Wildman–Crippen LogP) is 2.09. The van der Waals surface area contributed by atoms with Gasteiger partial charge in [-0.3, -0.25) is 14.4 Å². The summed E-state index contributed by atoms with van der Waals surface area (Å²) in [5, 5.41) is 0. The topological polar surface area (TPSA) is 60.4 Å².